The third-order valence-corrected chi connectivity index (χ3v) is 2.91. The number of alkyl halides is 3. The van der Waals surface area contributed by atoms with Crippen molar-refractivity contribution in [2.75, 3.05) is 0 Å². The summed E-state index contributed by atoms with van der Waals surface area (Å²) in [4.78, 5) is 0. The monoisotopic (exact) mass is 344 g/mol. The second-order valence-electron chi connectivity index (χ2n) is 3.57. The minimum absolute atomic E-state index is 0.0450. The SMILES string of the molecule is OC(CCCC(F)(F)F)c1ccc(I)cc1. The molecule has 1 N–H and O–H groups in total. The van der Waals surface area contributed by atoms with Crippen molar-refractivity contribution in [1.82, 2.24) is 0 Å². The van der Waals surface area contributed by atoms with Gasteiger partial charge in [-0.15, -0.1) is 0 Å². The molecule has 0 saturated heterocycles. The second-order valence-corrected chi connectivity index (χ2v) is 4.82. The fourth-order valence-corrected chi connectivity index (χ4v) is 1.71. The van der Waals surface area contributed by atoms with Gasteiger partial charge in [-0.2, -0.15) is 13.2 Å². The van der Waals surface area contributed by atoms with Gasteiger partial charge in [0.1, 0.15) is 0 Å². The first-order valence-corrected chi connectivity index (χ1v) is 5.96. The Morgan fingerprint density at radius 3 is 2.25 bits per heavy atom. The number of hydrogen-bond acceptors (Lipinski definition) is 1. The van der Waals surface area contributed by atoms with Crippen LogP contribution in [0.3, 0.4) is 0 Å². The molecule has 0 aromatic heterocycles. The van der Waals surface area contributed by atoms with Crippen LogP contribution in [0.1, 0.15) is 30.9 Å². The van der Waals surface area contributed by atoms with E-state index in [1.54, 1.807) is 12.1 Å². The molecule has 1 unspecified atom stereocenters. The van der Waals surface area contributed by atoms with E-state index in [-0.39, 0.29) is 12.8 Å². The molecule has 0 saturated carbocycles. The summed E-state index contributed by atoms with van der Waals surface area (Å²) in [6.45, 7) is 0. The lowest BCUT2D eigenvalue weighted by atomic mass is 10.0. The first-order chi connectivity index (χ1) is 7.38. The number of hydrogen-bond donors (Lipinski definition) is 1. The van der Waals surface area contributed by atoms with E-state index < -0.39 is 18.7 Å². The van der Waals surface area contributed by atoms with Crippen molar-refractivity contribution in [1.29, 1.82) is 0 Å². The molecule has 0 amide bonds. The fourth-order valence-electron chi connectivity index (χ4n) is 1.35. The molecular weight excluding hydrogens is 332 g/mol. The van der Waals surface area contributed by atoms with Crippen LogP contribution in [-0.4, -0.2) is 11.3 Å². The Morgan fingerprint density at radius 2 is 1.75 bits per heavy atom. The van der Waals surface area contributed by atoms with Gasteiger partial charge in [-0.25, -0.2) is 0 Å². The van der Waals surface area contributed by atoms with Gasteiger partial charge in [0.15, 0.2) is 0 Å². The Kier molecular flexibility index (Phi) is 5.04. The van der Waals surface area contributed by atoms with Crippen molar-refractivity contribution in [2.24, 2.45) is 0 Å². The van der Waals surface area contributed by atoms with E-state index >= 15 is 0 Å². The zero-order chi connectivity index (χ0) is 12.2. The van der Waals surface area contributed by atoms with Gasteiger partial charge in [-0.1, -0.05) is 12.1 Å². The number of halogens is 4. The second kappa shape index (κ2) is 5.86. The maximum absolute atomic E-state index is 11.9. The Bertz CT molecular complexity index is 321. The smallest absolute Gasteiger partial charge is 0.388 e. The van der Waals surface area contributed by atoms with E-state index in [4.69, 9.17) is 0 Å². The highest BCUT2D eigenvalue weighted by Crippen LogP contribution is 2.26. The fraction of sp³-hybridized carbons (Fsp3) is 0.455. The van der Waals surface area contributed by atoms with Crippen LogP contribution in [0.15, 0.2) is 24.3 Å². The average molecular weight is 344 g/mol. The minimum Gasteiger partial charge on any atom is -0.388 e. The maximum atomic E-state index is 11.9. The van der Waals surface area contributed by atoms with E-state index in [2.05, 4.69) is 22.6 Å². The van der Waals surface area contributed by atoms with Gasteiger partial charge >= 0.3 is 6.18 Å². The summed E-state index contributed by atoms with van der Waals surface area (Å²) in [5.74, 6) is 0. The lowest BCUT2D eigenvalue weighted by Crippen LogP contribution is -2.08. The Hall–Kier alpha value is -0.300. The molecule has 1 aromatic rings. The number of benzene rings is 1. The van der Waals surface area contributed by atoms with E-state index in [9.17, 15) is 18.3 Å². The van der Waals surface area contributed by atoms with Crippen LogP contribution in [0, 0.1) is 3.57 Å². The Labute approximate surface area is 106 Å². The molecule has 1 atom stereocenters. The van der Waals surface area contributed by atoms with Gasteiger partial charge in [-0.3, -0.25) is 0 Å². The van der Waals surface area contributed by atoms with Crippen LogP contribution in [0.4, 0.5) is 13.2 Å². The summed E-state index contributed by atoms with van der Waals surface area (Å²) in [6, 6.07) is 7.12. The van der Waals surface area contributed by atoms with Crippen LogP contribution in [0.5, 0.6) is 0 Å². The van der Waals surface area contributed by atoms with Crippen LogP contribution in [0.2, 0.25) is 0 Å². The molecule has 1 nitrogen and oxygen atoms in total. The molecule has 1 aromatic carbocycles. The van der Waals surface area contributed by atoms with E-state index in [1.807, 2.05) is 12.1 Å². The molecule has 16 heavy (non-hydrogen) atoms. The highest BCUT2D eigenvalue weighted by atomic mass is 127. The molecule has 5 heteroatoms. The maximum Gasteiger partial charge on any atom is 0.389 e. The Balaban J connectivity index is 2.41. The van der Waals surface area contributed by atoms with Crippen molar-refractivity contribution in [2.45, 2.75) is 31.5 Å². The van der Waals surface area contributed by atoms with Crippen LogP contribution < -0.4 is 0 Å². The number of aliphatic hydroxyl groups excluding tert-OH is 1. The van der Waals surface area contributed by atoms with Gasteiger partial charge in [0, 0.05) is 9.99 Å². The highest BCUT2D eigenvalue weighted by Gasteiger charge is 2.26. The summed E-state index contributed by atoms with van der Waals surface area (Å²) in [5.41, 5.74) is 0.669. The van der Waals surface area contributed by atoms with Crippen molar-refractivity contribution in [3.05, 3.63) is 33.4 Å². The van der Waals surface area contributed by atoms with E-state index in [1.165, 1.54) is 0 Å². The molecule has 0 spiro atoms. The van der Waals surface area contributed by atoms with Crippen molar-refractivity contribution >= 4 is 22.6 Å². The summed E-state index contributed by atoms with van der Waals surface area (Å²) in [7, 11) is 0. The molecule has 1 rings (SSSR count). The predicted molar refractivity (Wildman–Crippen MR) is 64.0 cm³/mol. The van der Waals surface area contributed by atoms with Crippen LogP contribution >= 0.6 is 22.6 Å². The molecule has 0 aliphatic rings. The third-order valence-electron chi connectivity index (χ3n) is 2.19. The van der Waals surface area contributed by atoms with Gasteiger partial charge in [0.25, 0.3) is 0 Å². The third kappa shape index (κ3) is 5.16. The molecule has 0 radical (unpaired) electrons. The normalized spacial score (nSPS) is 13.8. The molecule has 90 valence electrons. The van der Waals surface area contributed by atoms with Gasteiger partial charge < -0.3 is 5.11 Å². The Morgan fingerprint density at radius 1 is 1.19 bits per heavy atom. The average Bonchev–Trinajstić information content (AvgIpc) is 2.16. The molecule has 0 aliphatic heterocycles. The molecule has 0 heterocycles. The summed E-state index contributed by atoms with van der Waals surface area (Å²) in [5, 5.41) is 9.64. The zero-order valence-electron chi connectivity index (χ0n) is 8.47. The zero-order valence-corrected chi connectivity index (χ0v) is 10.6. The lowest BCUT2D eigenvalue weighted by molar-refractivity contribution is -0.136. The highest BCUT2D eigenvalue weighted by molar-refractivity contribution is 14.1. The van der Waals surface area contributed by atoms with E-state index in [0.29, 0.717) is 5.56 Å². The first kappa shape index (κ1) is 13.8. The van der Waals surface area contributed by atoms with Crippen molar-refractivity contribution in [3.8, 4) is 0 Å². The van der Waals surface area contributed by atoms with Crippen LogP contribution in [-0.2, 0) is 0 Å². The number of rotatable bonds is 4. The lowest BCUT2D eigenvalue weighted by Gasteiger charge is -2.11. The first-order valence-electron chi connectivity index (χ1n) is 4.89. The van der Waals surface area contributed by atoms with Crippen molar-refractivity contribution < 1.29 is 18.3 Å². The van der Waals surface area contributed by atoms with Crippen LogP contribution in [0.25, 0.3) is 0 Å². The standard InChI is InChI=1S/C11H12F3IO/c12-11(13,14)7-1-2-10(16)8-3-5-9(15)6-4-8/h3-6,10,16H,1-2,7H2. The summed E-state index contributed by atoms with van der Waals surface area (Å²) < 4.78 is 36.7. The molecule has 0 aliphatic carbocycles. The van der Waals surface area contributed by atoms with Gasteiger partial charge in [0.05, 0.1) is 6.10 Å². The van der Waals surface area contributed by atoms with Gasteiger partial charge in [-0.05, 0) is 53.1 Å². The summed E-state index contributed by atoms with van der Waals surface area (Å²) in [6.07, 6.45) is -5.68. The minimum atomic E-state index is -4.13. The van der Waals surface area contributed by atoms with Crippen molar-refractivity contribution in [3.63, 3.8) is 0 Å². The van der Waals surface area contributed by atoms with E-state index in [0.717, 1.165) is 3.57 Å². The summed E-state index contributed by atoms with van der Waals surface area (Å²) >= 11 is 2.13. The molecule has 0 fully saturated rings. The number of aliphatic hydroxyl groups is 1. The quantitative estimate of drug-likeness (QED) is 0.817. The topological polar surface area (TPSA) is 20.2 Å². The molecular formula is C11H12F3IO. The largest absolute Gasteiger partial charge is 0.389 e. The molecule has 0 bridgehead atoms. The van der Waals surface area contributed by atoms with Gasteiger partial charge in [0.2, 0.25) is 0 Å². The predicted octanol–water partition coefficient (Wildman–Crippen LogP) is 4.06.